The highest BCUT2D eigenvalue weighted by molar-refractivity contribution is 5.72. The van der Waals surface area contributed by atoms with Gasteiger partial charge in [-0.2, -0.15) is 0 Å². The molecule has 1 fully saturated rings. The standard InChI is InChI=1S/C24H31FN2O5/c1-19(28)26-10-3-12-31-22-8-6-20(7-9-22)15-27-11-13-30-17-24(29,16-27)18-32-23-5-2-4-21(25)14-23/h2,4-9,14,29H,3,10-13,15-18H2,1H3,(H,26,28). The van der Waals surface area contributed by atoms with E-state index in [-0.39, 0.29) is 24.9 Å². The van der Waals surface area contributed by atoms with Crippen LogP contribution in [0.2, 0.25) is 0 Å². The van der Waals surface area contributed by atoms with Gasteiger partial charge in [-0.25, -0.2) is 4.39 Å². The van der Waals surface area contributed by atoms with Gasteiger partial charge >= 0.3 is 0 Å². The Kier molecular flexibility index (Phi) is 8.84. The molecule has 0 radical (unpaired) electrons. The van der Waals surface area contributed by atoms with Crippen molar-refractivity contribution in [2.45, 2.75) is 25.5 Å². The quantitative estimate of drug-likeness (QED) is 0.546. The van der Waals surface area contributed by atoms with E-state index in [4.69, 9.17) is 14.2 Å². The van der Waals surface area contributed by atoms with Crippen LogP contribution < -0.4 is 14.8 Å². The first kappa shape index (κ1) is 24.0. The minimum absolute atomic E-state index is 0.0121. The molecule has 2 aromatic rings. The first-order chi connectivity index (χ1) is 15.4. The first-order valence-corrected chi connectivity index (χ1v) is 10.8. The van der Waals surface area contributed by atoms with E-state index in [2.05, 4.69) is 10.2 Å². The van der Waals surface area contributed by atoms with Gasteiger partial charge < -0.3 is 24.6 Å². The molecule has 1 amide bonds. The zero-order chi connectivity index (χ0) is 22.8. The van der Waals surface area contributed by atoms with Gasteiger partial charge in [0.2, 0.25) is 5.91 Å². The van der Waals surface area contributed by atoms with Gasteiger partial charge in [0.05, 0.1) is 19.8 Å². The third-order valence-corrected chi connectivity index (χ3v) is 5.04. The molecule has 0 aliphatic carbocycles. The number of hydrogen-bond donors (Lipinski definition) is 2. The molecule has 1 aliphatic heterocycles. The fourth-order valence-electron chi connectivity index (χ4n) is 3.47. The average Bonchev–Trinajstić information content (AvgIpc) is 2.94. The number of halogens is 1. The predicted octanol–water partition coefficient (Wildman–Crippen LogP) is 2.37. The van der Waals surface area contributed by atoms with Crippen LogP contribution in [0.3, 0.4) is 0 Å². The van der Waals surface area contributed by atoms with Crippen molar-refractivity contribution in [1.29, 1.82) is 0 Å². The molecule has 0 aromatic heterocycles. The Hall–Kier alpha value is -2.68. The minimum Gasteiger partial charge on any atom is -0.494 e. The Balaban J connectivity index is 1.48. The van der Waals surface area contributed by atoms with Gasteiger partial charge in [0.1, 0.15) is 29.5 Å². The van der Waals surface area contributed by atoms with Gasteiger partial charge in [-0.05, 0) is 36.2 Å². The van der Waals surface area contributed by atoms with Crippen molar-refractivity contribution in [2.24, 2.45) is 0 Å². The van der Waals surface area contributed by atoms with E-state index in [0.29, 0.717) is 45.1 Å². The van der Waals surface area contributed by atoms with Crippen LogP contribution in [-0.2, 0) is 16.1 Å². The molecule has 8 heteroatoms. The molecule has 2 aromatic carbocycles. The van der Waals surface area contributed by atoms with E-state index in [1.807, 2.05) is 24.3 Å². The van der Waals surface area contributed by atoms with Gasteiger partial charge in [0.25, 0.3) is 0 Å². The zero-order valence-corrected chi connectivity index (χ0v) is 18.4. The average molecular weight is 447 g/mol. The molecule has 174 valence electrons. The lowest BCUT2D eigenvalue weighted by Crippen LogP contribution is -2.48. The van der Waals surface area contributed by atoms with Crippen LogP contribution >= 0.6 is 0 Å². The van der Waals surface area contributed by atoms with Crippen molar-refractivity contribution in [3.8, 4) is 11.5 Å². The number of nitrogens with one attached hydrogen (secondary N) is 1. The van der Waals surface area contributed by atoms with Crippen molar-refractivity contribution in [1.82, 2.24) is 10.2 Å². The smallest absolute Gasteiger partial charge is 0.216 e. The number of carbonyl (C=O) groups is 1. The molecule has 32 heavy (non-hydrogen) atoms. The molecule has 1 saturated heterocycles. The zero-order valence-electron chi connectivity index (χ0n) is 18.4. The molecule has 1 atom stereocenters. The highest BCUT2D eigenvalue weighted by Crippen LogP contribution is 2.20. The summed E-state index contributed by atoms with van der Waals surface area (Å²) in [5.74, 6) is 0.728. The summed E-state index contributed by atoms with van der Waals surface area (Å²) in [6.07, 6.45) is 0.741. The third kappa shape index (κ3) is 8.11. The molecule has 1 unspecified atom stereocenters. The Morgan fingerprint density at radius 1 is 1.22 bits per heavy atom. The third-order valence-electron chi connectivity index (χ3n) is 5.04. The molecule has 7 nitrogen and oxygen atoms in total. The van der Waals surface area contributed by atoms with E-state index < -0.39 is 5.60 Å². The Bertz CT molecular complexity index is 864. The van der Waals surface area contributed by atoms with Crippen molar-refractivity contribution in [2.75, 3.05) is 46.1 Å². The summed E-state index contributed by atoms with van der Waals surface area (Å²) in [4.78, 5) is 13.0. The second-order valence-electron chi connectivity index (χ2n) is 8.06. The molecule has 0 spiro atoms. The van der Waals surface area contributed by atoms with E-state index in [9.17, 15) is 14.3 Å². The number of benzene rings is 2. The van der Waals surface area contributed by atoms with Gasteiger partial charge in [-0.15, -0.1) is 0 Å². The van der Waals surface area contributed by atoms with Crippen molar-refractivity contribution in [3.05, 3.63) is 59.9 Å². The lowest BCUT2D eigenvalue weighted by molar-refractivity contribution is -0.118. The van der Waals surface area contributed by atoms with Crippen molar-refractivity contribution < 1.29 is 28.5 Å². The Morgan fingerprint density at radius 2 is 2.03 bits per heavy atom. The van der Waals surface area contributed by atoms with Crippen LogP contribution in [0.25, 0.3) is 0 Å². The summed E-state index contributed by atoms with van der Waals surface area (Å²) < 4.78 is 30.3. The summed E-state index contributed by atoms with van der Waals surface area (Å²) >= 11 is 0. The van der Waals surface area contributed by atoms with Crippen LogP contribution in [0, 0.1) is 5.82 Å². The maximum Gasteiger partial charge on any atom is 0.216 e. The number of β-amino-alcohol motifs (C(OH)–C–C–N with tert-alkyl or cyclic N) is 1. The maximum atomic E-state index is 13.4. The summed E-state index contributed by atoms with van der Waals surface area (Å²) in [5, 5.41) is 13.8. The second-order valence-corrected chi connectivity index (χ2v) is 8.06. The number of carbonyl (C=O) groups excluding carboxylic acids is 1. The van der Waals surface area contributed by atoms with Crippen LogP contribution in [0.1, 0.15) is 18.9 Å². The van der Waals surface area contributed by atoms with Crippen LogP contribution in [0.5, 0.6) is 11.5 Å². The predicted molar refractivity (Wildman–Crippen MR) is 118 cm³/mol. The lowest BCUT2D eigenvalue weighted by atomic mass is 10.1. The van der Waals surface area contributed by atoms with Gasteiger partial charge in [0, 0.05) is 39.2 Å². The molecule has 1 heterocycles. The lowest BCUT2D eigenvalue weighted by Gasteiger charge is -2.30. The molecule has 1 aliphatic rings. The number of ether oxygens (including phenoxy) is 3. The van der Waals surface area contributed by atoms with E-state index in [1.54, 1.807) is 12.1 Å². The summed E-state index contributed by atoms with van der Waals surface area (Å²) in [6, 6.07) is 13.7. The number of amides is 1. The SMILES string of the molecule is CC(=O)NCCCOc1ccc(CN2CCOCC(O)(COc3cccc(F)c3)C2)cc1. The summed E-state index contributed by atoms with van der Waals surface area (Å²) in [5.41, 5.74) is -0.106. The maximum absolute atomic E-state index is 13.4. The molecule has 0 bridgehead atoms. The summed E-state index contributed by atoms with van der Waals surface area (Å²) in [6.45, 7) is 5.01. The van der Waals surface area contributed by atoms with Gasteiger partial charge in [-0.1, -0.05) is 18.2 Å². The number of nitrogens with zero attached hydrogens (tertiary/aromatic N) is 1. The van der Waals surface area contributed by atoms with Crippen molar-refractivity contribution in [3.63, 3.8) is 0 Å². The molecule has 3 rings (SSSR count). The Labute approximate surface area is 188 Å². The summed E-state index contributed by atoms with van der Waals surface area (Å²) in [7, 11) is 0. The van der Waals surface area contributed by atoms with Gasteiger partial charge in [-0.3, -0.25) is 9.69 Å². The highest BCUT2D eigenvalue weighted by Gasteiger charge is 2.33. The highest BCUT2D eigenvalue weighted by atomic mass is 19.1. The van der Waals surface area contributed by atoms with Crippen LogP contribution in [0.4, 0.5) is 4.39 Å². The van der Waals surface area contributed by atoms with E-state index >= 15 is 0 Å². The normalized spacial score (nSPS) is 19.2. The van der Waals surface area contributed by atoms with E-state index in [0.717, 1.165) is 17.7 Å². The van der Waals surface area contributed by atoms with Gasteiger partial charge in [0.15, 0.2) is 0 Å². The topological polar surface area (TPSA) is 80.3 Å². The monoisotopic (exact) mass is 446 g/mol. The number of hydrogen-bond acceptors (Lipinski definition) is 6. The molecular weight excluding hydrogens is 415 g/mol. The van der Waals surface area contributed by atoms with Crippen LogP contribution in [-0.4, -0.2) is 67.6 Å². The first-order valence-electron chi connectivity index (χ1n) is 10.8. The molecular formula is C24H31FN2O5. The van der Waals surface area contributed by atoms with Crippen molar-refractivity contribution >= 4 is 5.91 Å². The largest absolute Gasteiger partial charge is 0.494 e. The fourth-order valence-corrected chi connectivity index (χ4v) is 3.47. The fraction of sp³-hybridized carbons (Fsp3) is 0.458. The number of aliphatic hydroxyl groups is 1. The second kappa shape index (κ2) is 11.8. The van der Waals surface area contributed by atoms with E-state index in [1.165, 1.54) is 19.1 Å². The minimum atomic E-state index is -1.19. The molecule has 2 N–H and O–H groups in total. The number of rotatable bonds is 10. The Morgan fingerprint density at radius 3 is 2.78 bits per heavy atom. The molecule has 0 saturated carbocycles. The van der Waals surface area contributed by atoms with Crippen LogP contribution in [0.15, 0.2) is 48.5 Å².